The Morgan fingerprint density at radius 1 is 1.33 bits per heavy atom. The molecule has 0 bridgehead atoms. The summed E-state index contributed by atoms with van der Waals surface area (Å²) in [5.74, 6) is 0.897. The molecule has 0 aliphatic carbocycles. The van der Waals surface area contributed by atoms with Gasteiger partial charge in [0.25, 0.3) is 0 Å². The first-order chi connectivity index (χ1) is 5.84. The van der Waals surface area contributed by atoms with E-state index in [-0.39, 0.29) is 0 Å². The van der Waals surface area contributed by atoms with Crippen LogP contribution in [0.15, 0.2) is 0 Å². The van der Waals surface area contributed by atoms with E-state index in [1.54, 1.807) is 0 Å². The average molecular weight is 189 g/mol. The lowest BCUT2D eigenvalue weighted by molar-refractivity contribution is 0.450. The molecule has 0 radical (unpaired) electrons. The topological polar surface area (TPSA) is 20.3 Å². The molecule has 0 aromatic rings. The van der Waals surface area contributed by atoms with Crippen LogP contribution in [0.4, 0.5) is 0 Å². The van der Waals surface area contributed by atoms with Crippen molar-refractivity contribution in [3.05, 3.63) is 0 Å². The molecular weight excluding hydrogens is 170 g/mol. The van der Waals surface area contributed by atoms with E-state index in [9.17, 15) is 4.21 Å². The summed E-state index contributed by atoms with van der Waals surface area (Å²) in [5.41, 5.74) is 0. The van der Waals surface area contributed by atoms with Crippen LogP contribution in [-0.4, -0.2) is 27.4 Å². The molecule has 12 heavy (non-hydrogen) atoms. The minimum atomic E-state index is -0.633. The van der Waals surface area contributed by atoms with Gasteiger partial charge in [-0.3, -0.25) is 0 Å². The molecule has 1 atom stereocenters. The van der Waals surface area contributed by atoms with E-state index in [0.717, 1.165) is 25.3 Å². The first-order valence-electron chi connectivity index (χ1n) is 4.98. The molecule has 1 heterocycles. The van der Waals surface area contributed by atoms with Gasteiger partial charge in [0.15, 0.2) is 0 Å². The van der Waals surface area contributed by atoms with Gasteiger partial charge in [-0.2, -0.15) is 0 Å². The third kappa shape index (κ3) is 3.23. The average Bonchev–Trinajstić information content (AvgIpc) is 2.46. The molecule has 1 aliphatic rings. The first kappa shape index (κ1) is 10.2. The van der Waals surface area contributed by atoms with Crippen molar-refractivity contribution in [2.45, 2.75) is 39.0 Å². The molecule has 0 aromatic carbocycles. The molecule has 0 saturated carbocycles. The normalized spacial score (nSPS) is 24.9. The molecule has 0 N–H and O–H groups in total. The SMILES string of the molecule is CCCCCCN1CCCS1=O. The van der Waals surface area contributed by atoms with E-state index in [1.165, 1.54) is 25.7 Å². The fourth-order valence-electron chi connectivity index (χ4n) is 1.52. The number of hydrogen-bond acceptors (Lipinski definition) is 1. The quantitative estimate of drug-likeness (QED) is 0.605. The van der Waals surface area contributed by atoms with Crippen molar-refractivity contribution in [2.24, 2.45) is 0 Å². The Hall–Kier alpha value is 0.110. The molecule has 1 unspecified atom stereocenters. The zero-order valence-electron chi connectivity index (χ0n) is 7.92. The smallest absolute Gasteiger partial charge is 0.0943 e. The Balaban J connectivity index is 2.02. The largest absolute Gasteiger partial charge is 0.243 e. The van der Waals surface area contributed by atoms with Crippen LogP contribution in [0.3, 0.4) is 0 Å². The van der Waals surface area contributed by atoms with Crippen LogP contribution in [0.1, 0.15) is 39.0 Å². The van der Waals surface area contributed by atoms with Gasteiger partial charge >= 0.3 is 0 Å². The maximum atomic E-state index is 11.3. The predicted octanol–water partition coefficient (Wildman–Crippen LogP) is 1.94. The van der Waals surface area contributed by atoms with Gasteiger partial charge < -0.3 is 0 Å². The van der Waals surface area contributed by atoms with E-state index in [2.05, 4.69) is 11.2 Å². The predicted molar refractivity (Wildman–Crippen MR) is 53.3 cm³/mol. The summed E-state index contributed by atoms with van der Waals surface area (Å²) in [6.07, 6.45) is 6.24. The van der Waals surface area contributed by atoms with Gasteiger partial charge in [-0.1, -0.05) is 26.2 Å². The number of rotatable bonds is 5. The van der Waals surface area contributed by atoms with Crippen molar-refractivity contribution >= 4 is 11.0 Å². The fourth-order valence-corrected chi connectivity index (χ4v) is 2.82. The van der Waals surface area contributed by atoms with Crippen molar-refractivity contribution in [3.8, 4) is 0 Å². The molecule has 2 nitrogen and oxygen atoms in total. The van der Waals surface area contributed by atoms with Gasteiger partial charge in [0.2, 0.25) is 0 Å². The Kier molecular flexibility index (Phi) is 4.84. The number of hydrogen-bond donors (Lipinski definition) is 0. The second-order valence-corrected chi connectivity index (χ2v) is 4.94. The monoisotopic (exact) mass is 189 g/mol. The highest BCUT2D eigenvalue weighted by Gasteiger charge is 2.18. The third-order valence-corrected chi connectivity index (χ3v) is 3.85. The van der Waals surface area contributed by atoms with Gasteiger partial charge in [0.1, 0.15) is 0 Å². The summed E-state index contributed by atoms with van der Waals surface area (Å²) in [7, 11) is -0.633. The summed E-state index contributed by atoms with van der Waals surface area (Å²) < 4.78 is 13.4. The van der Waals surface area contributed by atoms with Crippen molar-refractivity contribution in [1.29, 1.82) is 0 Å². The standard InChI is InChI=1S/C9H19NOS/c1-2-3-4-5-7-10-8-6-9-12(10)11/h2-9H2,1H3. The van der Waals surface area contributed by atoms with Crippen LogP contribution < -0.4 is 0 Å². The molecule has 1 saturated heterocycles. The zero-order chi connectivity index (χ0) is 8.81. The third-order valence-electron chi connectivity index (χ3n) is 2.28. The molecule has 72 valence electrons. The van der Waals surface area contributed by atoms with Crippen LogP contribution >= 0.6 is 0 Å². The van der Waals surface area contributed by atoms with Crippen molar-refractivity contribution in [3.63, 3.8) is 0 Å². The second-order valence-electron chi connectivity index (χ2n) is 3.37. The van der Waals surface area contributed by atoms with Gasteiger partial charge in [-0.05, 0) is 12.8 Å². The van der Waals surface area contributed by atoms with E-state index in [4.69, 9.17) is 0 Å². The van der Waals surface area contributed by atoms with Crippen LogP contribution in [0, 0.1) is 0 Å². The van der Waals surface area contributed by atoms with Gasteiger partial charge in [0.05, 0.1) is 11.0 Å². The Labute approximate surface area is 77.9 Å². The fraction of sp³-hybridized carbons (Fsp3) is 1.00. The summed E-state index contributed by atoms with van der Waals surface area (Å²) >= 11 is 0. The van der Waals surface area contributed by atoms with Crippen molar-refractivity contribution < 1.29 is 4.21 Å². The molecule has 0 spiro atoms. The lowest BCUT2D eigenvalue weighted by Gasteiger charge is -2.12. The molecule has 0 amide bonds. The van der Waals surface area contributed by atoms with E-state index >= 15 is 0 Å². The number of unbranched alkanes of at least 4 members (excludes halogenated alkanes) is 3. The van der Waals surface area contributed by atoms with E-state index in [0.29, 0.717) is 0 Å². The Morgan fingerprint density at radius 2 is 2.17 bits per heavy atom. The Morgan fingerprint density at radius 3 is 2.75 bits per heavy atom. The van der Waals surface area contributed by atoms with Crippen LogP contribution in [0.2, 0.25) is 0 Å². The van der Waals surface area contributed by atoms with Gasteiger partial charge in [-0.25, -0.2) is 8.51 Å². The minimum Gasteiger partial charge on any atom is -0.243 e. The molecular formula is C9H19NOS. The zero-order valence-corrected chi connectivity index (χ0v) is 8.74. The van der Waals surface area contributed by atoms with E-state index < -0.39 is 11.0 Å². The molecule has 0 aromatic heterocycles. The van der Waals surface area contributed by atoms with Crippen LogP contribution in [0.25, 0.3) is 0 Å². The van der Waals surface area contributed by atoms with Crippen molar-refractivity contribution in [2.75, 3.05) is 18.8 Å². The lowest BCUT2D eigenvalue weighted by atomic mass is 10.2. The molecule has 3 heteroatoms. The highest BCUT2D eigenvalue weighted by molar-refractivity contribution is 7.82. The number of nitrogens with zero attached hydrogens (tertiary/aromatic N) is 1. The van der Waals surface area contributed by atoms with E-state index in [1.807, 2.05) is 0 Å². The summed E-state index contributed by atoms with van der Waals surface area (Å²) in [6.45, 7) is 4.32. The minimum absolute atomic E-state index is 0.633. The van der Waals surface area contributed by atoms with Gasteiger partial charge in [-0.15, -0.1) is 0 Å². The van der Waals surface area contributed by atoms with Crippen molar-refractivity contribution in [1.82, 2.24) is 4.31 Å². The molecule has 1 aliphatic heterocycles. The maximum absolute atomic E-state index is 11.3. The molecule has 1 fully saturated rings. The summed E-state index contributed by atoms with van der Waals surface area (Å²) in [4.78, 5) is 0. The van der Waals surface area contributed by atoms with Crippen LogP contribution in [0.5, 0.6) is 0 Å². The van der Waals surface area contributed by atoms with Crippen LogP contribution in [-0.2, 0) is 11.0 Å². The summed E-state index contributed by atoms with van der Waals surface area (Å²) in [5, 5.41) is 0. The van der Waals surface area contributed by atoms with Gasteiger partial charge in [0, 0.05) is 18.8 Å². The highest BCUT2D eigenvalue weighted by atomic mass is 32.2. The molecule has 1 rings (SSSR count). The lowest BCUT2D eigenvalue weighted by Crippen LogP contribution is -2.21. The highest BCUT2D eigenvalue weighted by Crippen LogP contribution is 2.10. The second kappa shape index (κ2) is 5.70. The first-order valence-corrected chi connectivity index (χ1v) is 6.25. The maximum Gasteiger partial charge on any atom is 0.0943 e. The summed E-state index contributed by atoms with van der Waals surface area (Å²) in [6, 6.07) is 0. The Bertz CT molecular complexity index is 149.